The fourth-order valence-electron chi connectivity index (χ4n) is 1.69. The number of nitrogens with one attached hydrogen (secondary N) is 1. The molecule has 0 saturated heterocycles. The highest BCUT2D eigenvalue weighted by Crippen LogP contribution is 2.18. The predicted octanol–water partition coefficient (Wildman–Crippen LogP) is 2.45. The van der Waals surface area contributed by atoms with Gasteiger partial charge in [0.25, 0.3) is 0 Å². The molecule has 5 nitrogen and oxygen atoms in total. The summed E-state index contributed by atoms with van der Waals surface area (Å²) in [6, 6.07) is 0. The second-order valence-electron chi connectivity index (χ2n) is 5.03. The molecular formula is C14H20N4OS2. The second-order valence-corrected chi connectivity index (χ2v) is 6.92. The van der Waals surface area contributed by atoms with Crippen molar-refractivity contribution in [2.24, 2.45) is 7.05 Å². The Morgan fingerprint density at radius 2 is 2.33 bits per heavy atom. The van der Waals surface area contributed by atoms with Crippen molar-refractivity contribution in [2.45, 2.75) is 31.3 Å². The summed E-state index contributed by atoms with van der Waals surface area (Å²) in [4.78, 5) is 20.5. The van der Waals surface area contributed by atoms with E-state index in [2.05, 4.69) is 34.5 Å². The molecule has 0 aliphatic rings. The molecule has 0 radical (unpaired) electrons. The zero-order valence-corrected chi connectivity index (χ0v) is 14.1. The number of aryl methyl sites for hydroxylation is 1. The van der Waals surface area contributed by atoms with E-state index in [0.29, 0.717) is 18.2 Å². The third-order valence-corrected chi connectivity index (χ3v) is 4.92. The van der Waals surface area contributed by atoms with Crippen LogP contribution in [0.4, 0.5) is 0 Å². The zero-order valence-electron chi connectivity index (χ0n) is 12.5. The van der Waals surface area contributed by atoms with Gasteiger partial charge in [-0.3, -0.25) is 4.79 Å². The van der Waals surface area contributed by atoms with Gasteiger partial charge in [-0.05, 0) is 5.92 Å². The molecule has 0 bridgehead atoms. The van der Waals surface area contributed by atoms with Crippen LogP contribution < -0.4 is 5.32 Å². The molecule has 2 aromatic rings. The molecule has 0 aliphatic carbocycles. The van der Waals surface area contributed by atoms with Gasteiger partial charge in [-0.15, -0.1) is 11.3 Å². The van der Waals surface area contributed by atoms with Gasteiger partial charge in [-0.1, -0.05) is 25.6 Å². The van der Waals surface area contributed by atoms with Crippen molar-refractivity contribution in [3.63, 3.8) is 0 Å². The van der Waals surface area contributed by atoms with Gasteiger partial charge >= 0.3 is 0 Å². The van der Waals surface area contributed by atoms with Crippen LogP contribution in [0.3, 0.4) is 0 Å². The maximum atomic E-state index is 11.8. The lowest BCUT2D eigenvalue weighted by atomic mass is 10.2. The number of carbonyl (C=O) groups excluding carboxylic acids is 1. The van der Waals surface area contributed by atoms with Crippen LogP contribution in [0.2, 0.25) is 0 Å². The molecule has 1 amide bonds. The summed E-state index contributed by atoms with van der Waals surface area (Å²) >= 11 is 3.10. The van der Waals surface area contributed by atoms with E-state index in [4.69, 9.17) is 0 Å². The number of thioether (sulfide) groups is 1. The van der Waals surface area contributed by atoms with E-state index in [0.717, 1.165) is 22.3 Å². The maximum absolute atomic E-state index is 11.8. The molecule has 2 heterocycles. The van der Waals surface area contributed by atoms with E-state index >= 15 is 0 Å². The molecule has 2 aromatic heterocycles. The van der Waals surface area contributed by atoms with E-state index in [1.807, 2.05) is 17.8 Å². The average Bonchev–Trinajstić information content (AvgIpc) is 3.06. The Bertz CT molecular complexity index is 591. The normalized spacial score (nSPS) is 11.0. The van der Waals surface area contributed by atoms with Crippen molar-refractivity contribution in [1.82, 2.24) is 19.9 Å². The summed E-state index contributed by atoms with van der Waals surface area (Å²) in [6.45, 7) is 4.90. The number of hydrogen-bond acceptors (Lipinski definition) is 5. The minimum absolute atomic E-state index is 0.0311. The quantitative estimate of drug-likeness (QED) is 0.795. The van der Waals surface area contributed by atoms with Gasteiger partial charge in [0, 0.05) is 37.8 Å². The first-order chi connectivity index (χ1) is 10.1. The first-order valence-corrected chi connectivity index (χ1v) is 8.74. The van der Waals surface area contributed by atoms with E-state index in [1.54, 1.807) is 17.5 Å². The number of amides is 1. The first-order valence-electron chi connectivity index (χ1n) is 6.87. The third-order valence-electron chi connectivity index (χ3n) is 2.93. The fourth-order valence-corrected chi connectivity index (χ4v) is 3.41. The molecule has 0 aromatic carbocycles. The lowest BCUT2D eigenvalue weighted by Gasteiger charge is -2.04. The monoisotopic (exact) mass is 324 g/mol. The Hall–Kier alpha value is -1.34. The third kappa shape index (κ3) is 4.86. The molecule has 1 N–H and O–H groups in total. The van der Waals surface area contributed by atoms with Crippen molar-refractivity contribution < 1.29 is 4.79 Å². The molecule has 114 valence electrons. The van der Waals surface area contributed by atoms with Crippen molar-refractivity contribution in [3.8, 4) is 0 Å². The molecule has 21 heavy (non-hydrogen) atoms. The number of carbonyl (C=O) groups is 1. The highest BCUT2D eigenvalue weighted by Gasteiger charge is 2.08. The van der Waals surface area contributed by atoms with Crippen molar-refractivity contribution in [1.29, 1.82) is 0 Å². The molecule has 0 saturated carbocycles. The van der Waals surface area contributed by atoms with E-state index < -0.39 is 0 Å². The van der Waals surface area contributed by atoms with Gasteiger partial charge < -0.3 is 9.88 Å². The van der Waals surface area contributed by atoms with Crippen LogP contribution in [0.15, 0.2) is 22.9 Å². The highest BCUT2D eigenvalue weighted by molar-refractivity contribution is 7.99. The summed E-state index contributed by atoms with van der Waals surface area (Å²) in [7, 11) is 1.92. The van der Waals surface area contributed by atoms with E-state index in [9.17, 15) is 4.79 Å². The van der Waals surface area contributed by atoms with E-state index in [-0.39, 0.29) is 5.91 Å². The second kappa shape index (κ2) is 7.61. The van der Waals surface area contributed by atoms with Gasteiger partial charge in [0.2, 0.25) is 5.91 Å². The van der Waals surface area contributed by atoms with Gasteiger partial charge in [-0.2, -0.15) is 0 Å². The minimum atomic E-state index is 0.0311. The van der Waals surface area contributed by atoms with Gasteiger partial charge in [-0.25, -0.2) is 9.97 Å². The van der Waals surface area contributed by atoms with Crippen molar-refractivity contribution >= 4 is 29.0 Å². The van der Waals surface area contributed by atoms with Crippen LogP contribution in [0.5, 0.6) is 0 Å². The molecule has 0 unspecified atom stereocenters. The first kappa shape index (κ1) is 16.0. The Kier molecular flexibility index (Phi) is 5.81. The Morgan fingerprint density at radius 1 is 1.52 bits per heavy atom. The van der Waals surface area contributed by atoms with Gasteiger partial charge in [0.05, 0.1) is 16.5 Å². The SMILES string of the molecule is CC(C)c1csc(CCNC(=O)CSc2nccn2C)n1. The van der Waals surface area contributed by atoms with E-state index in [1.165, 1.54) is 11.8 Å². The molecule has 0 spiro atoms. The molecule has 7 heteroatoms. The lowest BCUT2D eigenvalue weighted by molar-refractivity contribution is -0.118. The summed E-state index contributed by atoms with van der Waals surface area (Å²) in [5.74, 6) is 0.877. The Morgan fingerprint density at radius 3 is 2.95 bits per heavy atom. The summed E-state index contributed by atoms with van der Waals surface area (Å²) in [5, 5.41) is 6.95. The minimum Gasteiger partial charge on any atom is -0.355 e. The van der Waals surface area contributed by atoms with Gasteiger partial charge in [0.1, 0.15) is 0 Å². The number of aromatic nitrogens is 3. The largest absolute Gasteiger partial charge is 0.355 e. The smallest absolute Gasteiger partial charge is 0.230 e. The van der Waals surface area contributed by atoms with Crippen LogP contribution >= 0.6 is 23.1 Å². The molecule has 0 aliphatic heterocycles. The van der Waals surface area contributed by atoms with Crippen LogP contribution in [0.1, 0.15) is 30.5 Å². The standard InChI is InChI=1S/C14H20N4OS2/c1-10(2)11-8-20-13(17-11)4-5-15-12(19)9-21-14-16-6-7-18(14)3/h6-8,10H,4-5,9H2,1-3H3,(H,15,19). The average molecular weight is 324 g/mol. The van der Waals surface area contributed by atoms with Crippen LogP contribution in [0.25, 0.3) is 0 Å². The van der Waals surface area contributed by atoms with Crippen molar-refractivity contribution in [2.75, 3.05) is 12.3 Å². The molecular weight excluding hydrogens is 304 g/mol. The van der Waals surface area contributed by atoms with Crippen LogP contribution in [-0.4, -0.2) is 32.7 Å². The number of nitrogens with zero attached hydrogens (tertiary/aromatic N) is 3. The lowest BCUT2D eigenvalue weighted by Crippen LogP contribution is -2.27. The molecule has 2 rings (SSSR count). The van der Waals surface area contributed by atoms with Crippen LogP contribution in [-0.2, 0) is 18.3 Å². The molecule has 0 fully saturated rings. The van der Waals surface area contributed by atoms with Crippen LogP contribution in [0, 0.1) is 0 Å². The maximum Gasteiger partial charge on any atom is 0.230 e. The zero-order chi connectivity index (χ0) is 15.2. The summed E-state index contributed by atoms with van der Waals surface area (Å²) in [6.07, 6.45) is 4.39. The number of rotatable bonds is 7. The Labute approximate surface area is 133 Å². The van der Waals surface area contributed by atoms with Gasteiger partial charge in [0.15, 0.2) is 5.16 Å². The summed E-state index contributed by atoms with van der Waals surface area (Å²) in [5.41, 5.74) is 1.13. The predicted molar refractivity (Wildman–Crippen MR) is 86.8 cm³/mol. The fraction of sp³-hybridized carbons (Fsp3) is 0.500. The van der Waals surface area contributed by atoms with Crippen molar-refractivity contribution in [3.05, 3.63) is 28.5 Å². The number of thiazole rings is 1. The number of imidazole rings is 1. The number of hydrogen-bond donors (Lipinski definition) is 1. The Balaban J connectivity index is 1.68. The molecule has 0 atom stereocenters. The topological polar surface area (TPSA) is 59.8 Å². The highest BCUT2D eigenvalue weighted by atomic mass is 32.2. The summed E-state index contributed by atoms with van der Waals surface area (Å²) < 4.78 is 1.90.